The minimum atomic E-state index is 0.116. The average molecular weight is 729 g/mol. The lowest BCUT2D eigenvalue weighted by atomic mass is 9.87. The molecule has 0 saturated heterocycles. The van der Waals surface area contributed by atoms with Crippen molar-refractivity contribution in [3.63, 3.8) is 0 Å². The van der Waals surface area contributed by atoms with Crippen LogP contribution in [0.25, 0.3) is 67.0 Å². The summed E-state index contributed by atoms with van der Waals surface area (Å²) in [6, 6.07) is 53.8. The molecule has 2 aromatic heterocycles. The van der Waals surface area contributed by atoms with Crippen molar-refractivity contribution in [2.75, 3.05) is 0 Å². The monoisotopic (exact) mass is 728 g/mol. The minimum Gasteiger partial charge on any atom is -0.323 e. The van der Waals surface area contributed by atoms with E-state index in [1.807, 2.05) is 0 Å². The molecule has 0 aliphatic carbocycles. The van der Waals surface area contributed by atoms with Gasteiger partial charge in [0.05, 0.1) is 0 Å². The van der Waals surface area contributed by atoms with E-state index in [1.165, 1.54) is 77.9 Å². The van der Waals surface area contributed by atoms with Crippen LogP contribution in [0.2, 0.25) is 0 Å². The maximum atomic E-state index is 2.28. The Kier molecular flexibility index (Phi) is 9.54. The van der Waals surface area contributed by atoms with Gasteiger partial charge in [0.25, 0.3) is 0 Å². The average Bonchev–Trinajstić information content (AvgIpc) is 3.85. The smallest absolute Gasteiger partial charge is 0.0450 e. The number of rotatable bonds is 7. The van der Waals surface area contributed by atoms with Gasteiger partial charge in [0.15, 0.2) is 0 Å². The van der Waals surface area contributed by atoms with E-state index in [-0.39, 0.29) is 10.8 Å². The lowest BCUT2D eigenvalue weighted by Gasteiger charge is -2.19. The van der Waals surface area contributed by atoms with Gasteiger partial charge in [0.2, 0.25) is 0 Å². The maximum absolute atomic E-state index is 2.28. The molecule has 0 bridgehead atoms. The standard InChI is InChI=1S/C54H52N2/c1-37-9-13-41(14-10-37)49-33-55(47-29-25-45(26-30-47)53(3,4)5)35-51(49)43-21-17-39(18-22-43)40-19-23-44(24-20-40)52-36-56(34-50(52)42-15-11-38(2)12-16-42)48-31-27-46(28-32-48)54(6,7)8/h9-36H,1-8H3. The summed E-state index contributed by atoms with van der Waals surface area (Å²) in [6.07, 6.45) is 9.11. The Morgan fingerprint density at radius 3 is 0.768 bits per heavy atom. The molecule has 0 amide bonds. The number of aromatic nitrogens is 2. The largest absolute Gasteiger partial charge is 0.323 e. The van der Waals surface area contributed by atoms with Crippen LogP contribution in [0.4, 0.5) is 0 Å². The molecule has 0 atom stereocenters. The first-order valence-corrected chi connectivity index (χ1v) is 19.8. The fourth-order valence-electron chi connectivity index (χ4n) is 7.55. The third-order valence-electron chi connectivity index (χ3n) is 11.2. The highest BCUT2D eigenvalue weighted by Gasteiger charge is 2.18. The Morgan fingerprint density at radius 2 is 0.518 bits per heavy atom. The fourth-order valence-corrected chi connectivity index (χ4v) is 7.55. The van der Waals surface area contributed by atoms with E-state index in [0.29, 0.717) is 0 Å². The summed E-state index contributed by atoms with van der Waals surface area (Å²) in [4.78, 5) is 0. The van der Waals surface area contributed by atoms with Gasteiger partial charge in [-0.05, 0) is 93.5 Å². The van der Waals surface area contributed by atoms with Crippen LogP contribution in [0.3, 0.4) is 0 Å². The molecule has 0 saturated carbocycles. The first kappa shape index (κ1) is 36.8. The highest BCUT2D eigenvalue weighted by atomic mass is 15.0. The lowest BCUT2D eigenvalue weighted by molar-refractivity contribution is 0.590. The Bertz CT molecular complexity index is 2390. The summed E-state index contributed by atoms with van der Waals surface area (Å²) in [5.74, 6) is 0. The van der Waals surface area contributed by atoms with E-state index in [1.54, 1.807) is 0 Å². The van der Waals surface area contributed by atoms with Gasteiger partial charge in [0, 0.05) is 58.4 Å². The van der Waals surface area contributed by atoms with E-state index in [4.69, 9.17) is 0 Å². The van der Waals surface area contributed by atoms with E-state index in [0.717, 1.165) is 11.4 Å². The van der Waals surface area contributed by atoms with Crippen LogP contribution in [0.5, 0.6) is 0 Å². The third kappa shape index (κ3) is 7.57. The maximum Gasteiger partial charge on any atom is 0.0450 e. The second kappa shape index (κ2) is 14.5. The highest BCUT2D eigenvalue weighted by molar-refractivity contribution is 5.87. The van der Waals surface area contributed by atoms with Crippen molar-refractivity contribution in [1.82, 2.24) is 9.13 Å². The minimum absolute atomic E-state index is 0.116. The molecular weight excluding hydrogens is 677 g/mol. The molecular formula is C54H52N2. The zero-order chi connectivity index (χ0) is 39.2. The Hall–Kier alpha value is -6.12. The van der Waals surface area contributed by atoms with Gasteiger partial charge in [-0.1, -0.05) is 174 Å². The molecule has 0 unspecified atom stereocenters. The van der Waals surface area contributed by atoms with Gasteiger partial charge in [-0.25, -0.2) is 0 Å². The van der Waals surface area contributed by atoms with Crippen molar-refractivity contribution in [2.45, 2.75) is 66.2 Å². The Morgan fingerprint density at radius 1 is 0.286 bits per heavy atom. The van der Waals surface area contributed by atoms with Crippen LogP contribution < -0.4 is 0 Å². The van der Waals surface area contributed by atoms with E-state index >= 15 is 0 Å². The molecule has 2 nitrogen and oxygen atoms in total. The molecule has 2 heterocycles. The second-order valence-corrected chi connectivity index (χ2v) is 17.5. The van der Waals surface area contributed by atoms with E-state index < -0.39 is 0 Å². The van der Waals surface area contributed by atoms with Crippen LogP contribution in [0, 0.1) is 13.8 Å². The van der Waals surface area contributed by atoms with E-state index in [2.05, 4.69) is 235 Å². The molecule has 0 fully saturated rings. The molecule has 56 heavy (non-hydrogen) atoms. The normalized spacial score (nSPS) is 11.9. The SMILES string of the molecule is Cc1ccc(-c2cn(-c3ccc(C(C)(C)C)cc3)cc2-c2ccc(-c3ccc(-c4cn(-c5ccc(C(C)(C)C)cc5)cc4-c4ccc(C)cc4)cc3)cc2)cc1. The van der Waals surface area contributed by atoms with Crippen molar-refractivity contribution >= 4 is 0 Å². The van der Waals surface area contributed by atoms with Crippen LogP contribution in [0.15, 0.2) is 170 Å². The number of aryl methyl sites for hydroxylation is 2. The molecule has 6 aromatic carbocycles. The molecule has 8 aromatic rings. The predicted octanol–water partition coefficient (Wildman–Crippen LogP) is 14.8. The molecule has 0 radical (unpaired) electrons. The summed E-state index contributed by atoms with van der Waals surface area (Å²) in [5.41, 5.74) is 19.9. The molecule has 2 heteroatoms. The van der Waals surface area contributed by atoms with Crippen LogP contribution in [-0.4, -0.2) is 9.13 Å². The highest BCUT2D eigenvalue weighted by Crippen LogP contribution is 2.38. The van der Waals surface area contributed by atoms with Gasteiger partial charge in [0.1, 0.15) is 0 Å². The summed E-state index contributed by atoms with van der Waals surface area (Å²) < 4.78 is 4.53. The summed E-state index contributed by atoms with van der Waals surface area (Å²) >= 11 is 0. The number of nitrogens with zero attached hydrogens (tertiary/aromatic N) is 2. The van der Waals surface area contributed by atoms with Crippen LogP contribution >= 0.6 is 0 Å². The van der Waals surface area contributed by atoms with Gasteiger partial charge in [-0.15, -0.1) is 0 Å². The predicted molar refractivity (Wildman–Crippen MR) is 239 cm³/mol. The topological polar surface area (TPSA) is 9.86 Å². The lowest BCUT2D eigenvalue weighted by Crippen LogP contribution is -2.10. The Balaban J connectivity index is 1.11. The van der Waals surface area contributed by atoms with Crippen molar-refractivity contribution in [1.29, 1.82) is 0 Å². The van der Waals surface area contributed by atoms with E-state index in [9.17, 15) is 0 Å². The number of hydrogen-bond donors (Lipinski definition) is 0. The molecule has 0 N–H and O–H groups in total. The number of benzene rings is 6. The zero-order valence-electron chi connectivity index (χ0n) is 34.1. The van der Waals surface area contributed by atoms with Gasteiger partial charge in [-0.2, -0.15) is 0 Å². The molecule has 0 spiro atoms. The van der Waals surface area contributed by atoms with Crippen LogP contribution in [-0.2, 0) is 10.8 Å². The van der Waals surface area contributed by atoms with Crippen LogP contribution in [0.1, 0.15) is 63.8 Å². The summed E-state index contributed by atoms with van der Waals surface area (Å²) in [7, 11) is 0. The summed E-state index contributed by atoms with van der Waals surface area (Å²) in [5, 5.41) is 0. The fraction of sp³-hybridized carbons (Fsp3) is 0.185. The van der Waals surface area contributed by atoms with Crippen molar-refractivity contribution < 1.29 is 0 Å². The Labute approximate surface area is 333 Å². The molecule has 0 aliphatic heterocycles. The molecule has 0 aliphatic rings. The second-order valence-electron chi connectivity index (χ2n) is 17.5. The van der Waals surface area contributed by atoms with Crippen molar-refractivity contribution in [3.8, 4) is 67.0 Å². The zero-order valence-corrected chi connectivity index (χ0v) is 34.1. The van der Waals surface area contributed by atoms with Gasteiger partial charge < -0.3 is 9.13 Å². The number of hydrogen-bond acceptors (Lipinski definition) is 0. The molecule has 8 rings (SSSR count). The quantitative estimate of drug-likeness (QED) is 0.155. The molecule has 278 valence electrons. The third-order valence-corrected chi connectivity index (χ3v) is 11.2. The first-order chi connectivity index (χ1) is 26.8. The van der Waals surface area contributed by atoms with Crippen molar-refractivity contribution in [3.05, 3.63) is 193 Å². The summed E-state index contributed by atoms with van der Waals surface area (Å²) in [6.45, 7) is 17.9. The first-order valence-electron chi connectivity index (χ1n) is 19.8. The van der Waals surface area contributed by atoms with Gasteiger partial charge >= 0.3 is 0 Å². The van der Waals surface area contributed by atoms with Gasteiger partial charge in [-0.3, -0.25) is 0 Å². The van der Waals surface area contributed by atoms with Crippen molar-refractivity contribution in [2.24, 2.45) is 0 Å².